The maximum atomic E-state index is 12.4. The van der Waals surface area contributed by atoms with E-state index < -0.39 is 0 Å². The molecule has 3 aromatic heterocycles. The fourth-order valence-corrected chi connectivity index (χ4v) is 3.63. The zero-order valence-corrected chi connectivity index (χ0v) is 16.1. The molecule has 0 saturated heterocycles. The fraction of sp³-hybridized carbons (Fsp3) is 0.350. The van der Waals surface area contributed by atoms with Gasteiger partial charge >= 0.3 is 5.69 Å². The number of hydrogen-bond donors (Lipinski definition) is 2. The van der Waals surface area contributed by atoms with Crippen LogP contribution in [0.2, 0.25) is 0 Å². The number of hydrogen-bond acceptors (Lipinski definition) is 4. The van der Waals surface area contributed by atoms with Crippen molar-refractivity contribution in [1.29, 1.82) is 0 Å². The van der Waals surface area contributed by atoms with Gasteiger partial charge in [0.25, 0.3) is 5.56 Å². The molecule has 0 aliphatic rings. The molecule has 1 aromatic carbocycles. The molecule has 28 heavy (non-hydrogen) atoms. The summed E-state index contributed by atoms with van der Waals surface area (Å²) >= 11 is 0. The number of aryl methyl sites for hydroxylation is 2. The van der Waals surface area contributed by atoms with Crippen molar-refractivity contribution in [1.82, 2.24) is 29.0 Å². The fourth-order valence-electron chi connectivity index (χ4n) is 3.63. The molecule has 0 bridgehead atoms. The van der Waals surface area contributed by atoms with E-state index in [1.807, 2.05) is 10.6 Å². The van der Waals surface area contributed by atoms with Crippen LogP contribution in [0.3, 0.4) is 0 Å². The number of H-pyrrole nitrogens is 1. The van der Waals surface area contributed by atoms with Gasteiger partial charge in [0.1, 0.15) is 0 Å². The van der Waals surface area contributed by atoms with E-state index in [4.69, 9.17) is 0 Å². The Labute approximate surface area is 161 Å². The minimum atomic E-state index is -0.360. The van der Waals surface area contributed by atoms with Crippen molar-refractivity contribution >= 4 is 22.1 Å². The van der Waals surface area contributed by atoms with Crippen molar-refractivity contribution in [3.05, 3.63) is 63.2 Å². The standard InChI is InChI=1S/C20H24N6O2/c1-24-18-17(19(27)25(2)20(24)28)26(13-23-18)11-5-9-21-10-8-14-12-22-16-7-4-3-6-15(14)16/h3-4,6-7,12-13,21-22H,5,8-11H2,1-2H3. The largest absolute Gasteiger partial charge is 0.361 e. The summed E-state index contributed by atoms with van der Waals surface area (Å²) in [6.07, 6.45) is 5.54. The van der Waals surface area contributed by atoms with Gasteiger partial charge in [-0.3, -0.25) is 13.9 Å². The predicted octanol–water partition coefficient (Wildman–Crippen LogP) is 1.14. The molecule has 0 atom stereocenters. The third-order valence-corrected chi connectivity index (χ3v) is 5.22. The lowest BCUT2D eigenvalue weighted by atomic mass is 10.1. The van der Waals surface area contributed by atoms with Gasteiger partial charge in [-0.1, -0.05) is 18.2 Å². The quantitative estimate of drug-likeness (QED) is 0.471. The van der Waals surface area contributed by atoms with Gasteiger partial charge in [-0.15, -0.1) is 0 Å². The molecule has 0 saturated carbocycles. The van der Waals surface area contributed by atoms with E-state index in [-0.39, 0.29) is 11.2 Å². The number of aromatic nitrogens is 5. The summed E-state index contributed by atoms with van der Waals surface area (Å²) in [5, 5.41) is 4.73. The van der Waals surface area contributed by atoms with Gasteiger partial charge in [0, 0.05) is 37.7 Å². The predicted molar refractivity (Wildman–Crippen MR) is 110 cm³/mol. The van der Waals surface area contributed by atoms with Crippen molar-refractivity contribution in [3.63, 3.8) is 0 Å². The average molecular weight is 380 g/mol. The van der Waals surface area contributed by atoms with Crippen molar-refractivity contribution in [2.45, 2.75) is 19.4 Å². The topological polar surface area (TPSA) is 89.6 Å². The van der Waals surface area contributed by atoms with Crippen LogP contribution in [0.1, 0.15) is 12.0 Å². The number of nitrogens with one attached hydrogen (secondary N) is 2. The van der Waals surface area contributed by atoms with E-state index in [1.165, 1.54) is 28.1 Å². The summed E-state index contributed by atoms with van der Waals surface area (Å²) in [4.78, 5) is 32.0. The minimum Gasteiger partial charge on any atom is -0.361 e. The van der Waals surface area contributed by atoms with Crippen LogP contribution in [0.5, 0.6) is 0 Å². The summed E-state index contributed by atoms with van der Waals surface area (Å²) in [5.74, 6) is 0. The highest BCUT2D eigenvalue weighted by atomic mass is 16.2. The highest BCUT2D eigenvalue weighted by Gasteiger charge is 2.13. The van der Waals surface area contributed by atoms with Crippen LogP contribution in [0.25, 0.3) is 22.1 Å². The Bertz CT molecular complexity index is 1240. The van der Waals surface area contributed by atoms with Crippen LogP contribution in [0.15, 0.2) is 46.4 Å². The second-order valence-electron chi connectivity index (χ2n) is 7.03. The number of rotatable bonds is 7. The third-order valence-electron chi connectivity index (χ3n) is 5.22. The Balaban J connectivity index is 1.34. The maximum absolute atomic E-state index is 12.4. The molecule has 4 rings (SSSR count). The van der Waals surface area contributed by atoms with E-state index in [0.717, 1.165) is 30.5 Å². The second-order valence-corrected chi connectivity index (χ2v) is 7.03. The first-order valence-corrected chi connectivity index (χ1v) is 9.44. The highest BCUT2D eigenvalue weighted by Crippen LogP contribution is 2.17. The van der Waals surface area contributed by atoms with Crippen LogP contribution in [-0.2, 0) is 27.1 Å². The second kappa shape index (κ2) is 7.47. The molecular weight excluding hydrogens is 356 g/mol. The molecule has 0 fully saturated rings. The lowest BCUT2D eigenvalue weighted by Crippen LogP contribution is -2.37. The molecule has 0 unspecified atom stereocenters. The Kier molecular flexibility index (Phi) is 4.87. The summed E-state index contributed by atoms with van der Waals surface area (Å²) in [5.41, 5.74) is 2.72. The number of aromatic amines is 1. The number of fused-ring (bicyclic) bond motifs is 2. The van der Waals surface area contributed by atoms with Crippen LogP contribution in [0.4, 0.5) is 0 Å². The van der Waals surface area contributed by atoms with E-state index >= 15 is 0 Å². The molecule has 8 heteroatoms. The molecule has 4 aromatic rings. The van der Waals surface area contributed by atoms with Gasteiger partial charge in [-0.2, -0.15) is 0 Å². The molecule has 0 amide bonds. The third kappa shape index (κ3) is 3.16. The van der Waals surface area contributed by atoms with Crippen LogP contribution < -0.4 is 16.6 Å². The van der Waals surface area contributed by atoms with Gasteiger partial charge in [-0.05, 0) is 37.6 Å². The summed E-state index contributed by atoms with van der Waals surface area (Å²) in [6.45, 7) is 2.40. The molecule has 0 aliphatic carbocycles. The molecule has 146 valence electrons. The van der Waals surface area contributed by atoms with E-state index in [1.54, 1.807) is 13.4 Å². The van der Waals surface area contributed by atoms with Gasteiger partial charge in [0.2, 0.25) is 0 Å². The van der Waals surface area contributed by atoms with Crippen LogP contribution >= 0.6 is 0 Å². The van der Waals surface area contributed by atoms with Gasteiger partial charge in [0.05, 0.1) is 6.33 Å². The van der Waals surface area contributed by atoms with Gasteiger partial charge in [0.15, 0.2) is 11.2 Å². The molecule has 0 radical (unpaired) electrons. The van der Waals surface area contributed by atoms with Gasteiger partial charge in [-0.25, -0.2) is 9.78 Å². The van der Waals surface area contributed by atoms with Crippen molar-refractivity contribution in [2.24, 2.45) is 14.1 Å². The van der Waals surface area contributed by atoms with Crippen molar-refractivity contribution in [2.75, 3.05) is 13.1 Å². The lowest BCUT2D eigenvalue weighted by molar-refractivity contribution is 0.587. The monoisotopic (exact) mass is 380 g/mol. The maximum Gasteiger partial charge on any atom is 0.332 e. The first-order chi connectivity index (χ1) is 13.6. The van der Waals surface area contributed by atoms with Crippen molar-refractivity contribution in [3.8, 4) is 0 Å². The Morgan fingerprint density at radius 1 is 1.11 bits per heavy atom. The van der Waals surface area contributed by atoms with E-state index in [2.05, 4.69) is 39.7 Å². The molecular formula is C20H24N6O2. The van der Waals surface area contributed by atoms with Gasteiger partial charge < -0.3 is 14.9 Å². The zero-order valence-electron chi connectivity index (χ0n) is 16.1. The Morgan fingerprint density at radius 3 is 2.79 bits per heavy atom. The zero-order chi connectivity index (χ0) is 19.7. The minimum absolute atomic E-state index is 0.303. The van der Waals surface area contributed by atoms with Crippen LogP contribution in [0, 0.1) is 0 Å². The first-order valence-electron chi connectivity index (χ1n) is 9.44. The number of imidazole rings is 1. The van der Waals surface area contributed by atoms with Crippen LogP contribution in [-0.4, -0.2) is 36.8 Å². The van der Waals surface area contributed by atoms with E-state index in [0.29, 0.717) is 17.7 Å². The molecule has 0 spiro atoms. The summed E-state index contributed by atoms with van der Waals surface area (Å²) in [6, 6.07) is 8.31. The smallest absolute Gasteiger partial charge is 0.332 e. The Morgan fingerprint density at radius 2 is 1.93 bits per heavy atom. The number of nitrogens with zero attached hydrogens (tertiary/aromatic N) is 4. The molecule has 3 heterocycles. The van der Waals surface area contributed by atoms with Crippen molar-refractivity contribution < 1.29 is 0 Å². The first kappa shape index (κ1) is 18.2. The highest BCUT2D eigenvalue weighted by molar-refractivity contribution is 5.83. The lowest BCUT2D eigenvalue weighted by Gasteiger charge is -2.07. The summed E-state index contributed by atoms with van der Waals surface area (Å²) in [7, 11) is 3.13. The molecule has 0 aliphatic heterocycles. The number of benzene rings is 1. The SMILES string of the molecule is Cn1c(=O)c2c(ncn2CCCNCCc2c[nH]c3ccccc23)n(C)c1=O. The molecule has 2 N–H and O–H groups in total. The Hall–Kier alpha value is -3.13. The summed E-state index contributed by atoms with van der Waals surface area (Å²) < 4.78 is 4.37. The number of para-hydroxylation sites is 1. The van der Waals surface area contributed by atoms with E-state index in [9.17, 15) is 9.59 Å². The average Bonchev–Trinajstić information content (AvgIpc) is 3.32. The molecule has 8 nitrogen and oxygen atoms in total. The normalized spacial score (nSPS) is 11.6.